The molecule has 0 amide bonds. The number of aryl methyl sites for hydroxylation is 2. The maximum absolute atomic E-state index is 14.9. The molecule has 3 heterocycles. The molecule has 2 aromatic heterocycles. The summed E-state index contributed by atoms with van der Waals surface area (Å²) in [6.45, 7) is 3.97. The number of morpholine rings is 1. The van der Waals surface area contributed by atoms with Crippen LogP contribution in [0.3, 0.4) is 0 Å². The van der Waals surface area contributed by atoms with Crippen molar-refractivity contribution in [3.8, 4) is 11.3 Å². The fraction of sp³-hybridized carbons (Fsp3) is 0.250. The first-order valence-corrected chi connectivity index (χ1v) is 10.6. The van der Waals surface area contributed by atoms with Gasteiger partial charge in [-0.05, 0) is 42.6 Å². The Morgan fingerprint density at radius 3 is 2.81 bits per heavy atom. The number of aromatic nitrogens is 3. The van der Waals surface area contributed by atoms with Crippen molar-refractivity contribution < 1.29 is 9.13 Å². The van der Waals surface area contributed by atoms with Crippen molar-refractivity contribution in [3.63, 3.8) is 0 Å². The molecule has 1 unspecified atom stereocenters. The lowest BCUT2D eigenvalue weighted by Crippen LogP contribution is -2.38. The van der Waals surface area contributed by atoms with Gasteiger partial charge in [-0.1, -0.05) is 29.3 Å². The molecule has 1 aliphatic heterocycles. The Kier molecular flexibility index (Phi) is 5.12. The zero-order valence-electron chi connectivity index (χ0n) is 17.3. The fourth-order valence-electron chi connectivity index (χ4n) is 4.06. The second kappa shape index (κ2) is 7.94. The van der Waals surface area contributed by atoms with Crippen LogP contribution in [0.5, 0.6) is 0 Å². The Balaban J connectivity index is 1.60. The number of rotatable bonds is 3. The van der Waals surface area contributed by atoms with E-state index in [9.17, 15) is 4.39 Å². The largest absolute Gasteiger partial charge is 0.370 e. The molecule has 1 atom stereocenters. The van der Waals surface area contributed by atoms with Gasteiger partial charge in [0, 0.05) is 47.9 Å². The Hall–Kier alpha value is -2.96. The highest BCUT2D eigenvalue weighted by Gasteiger charge is 2.25. The topological polar surface area (TPSA) is 43.2 Å². The van der Waals surface area contributed by atoms with E-state index >= 15 is 0 Å². The van der Waals surface area contributed by atoms with Crippen molar-refractivity contribution in [1.82, 2.24) is 14.8 Å². The molecule has 4 aromatic rings. The molecule has 0 aliphatic carbocycles. The van der Waals surface area contributed by atoms with Crippen LogP contribution < -0.4 is 4.90 Å². The number of fused-ring (bicyclic) bond motifs is 1. The Labute approximate surface area is 185 Å². The molecular weight excluding hydrogens is 415 g/mol. The fourth-order valence-corrected chi connectivity index (χ4v) is 4.22. The third kappa shape index (κ3) is 3.89. The van der Waals surface area contributed by atoms with Gasteiger partial charge in [-0.2, -0.15) is 5.10 Å². The first-order chi connectivity index (χ1) is 15.0. The van der Waals surface area contributed by atoms with E-state index in [0.29, 0.717) is 36.0 Å². The standard InChI is InChI=1S/C24H22ClFN4O/c1-15-3-4-16-10-23(30-7-8-31-22(14-30)17-12-27-29(2)13-17)28-24(20(16)9-15)19-6-5-18(25)11-21(19)26/h3-6,9-13,22H,7-8,14H2,1-2H3. The van der Waals surface area contributed by atoms with Gasteiger partial charge in [-0.15, -0.1) is 0 Å². The number of hydrogen-bond donors (Lipinski definition) is 0. The maximum Gasteiger partial charge on any atom is 0.134 e. The smallest absolute Gasteiger partial charge is 0.134 e. The number of halogens is 2. The summed E-state index contributed by atoms with van der Waals surface area (Å²) in [5.74, 6) is 0.424. The van der Waals surface area contributed by atoms with Crippen molar-refractivity contribution in [2.24, 2.45) is 7.05 Å². The van der Waals surface area contributed by atoms with Gasteiger partial charge in [0.15, 0.2) is 0 Å². The molecule has 1 fully saturated rings. The maximum atomic E-state index is 14.9. The van der Waals surface area contributed by atoms with Gasteiger partial charge in [-0.3, -0.25) is 4.68 Å². The van der Waals surface area contributed by atoms with Gasteiger partial charge >= 0.3 is 0 Å². The van der Waals surface area contributed by atoms with Crippen molar-refractivity contribution in [1.29, 1.82) is 0 Å². The van der Waals surface area contributed by atoms with Crippen molar-refractivity contribution >= 4 is 28.2 Å². The molecule has 0 spiro atoms. The number of nitrogens with zero attached hydrogens (tertiary/aromatic N) is 4. The summed E-state index contributed by atoms with van der Waals surface area (Å²) in [5.41, 5.74) is 3.20. The highest BCUT2D eigenvalue weighted by Crippen LogP contribution is 2.34. The normalized spacial score (nSPS) is 16.8. The molecule has 0 saturated carbocycles. The first-order valence-electron chi connectivity index (χ1n) is 10.2. The van der Waals surface area contributed by atoms with Crippen LogP contribution in [-0.4, -0.2) is 34.5 Å². The zero-order valence-corrected chi connectivity index (χ0v) is 18.1. The van der Waals surface area contributed by atoms with Gasteiger partial charge in [-0.25, -0.2) is 9.37 Å². The molecule has 0 radical (unpaired) electrons. The van der Waals surface area contributed by atoms with Gasteiger partial charge in [0.1, 0.15) is 17.7 Å². The van der Waals surface area contributed by atoms with E-state index in [4.69, 9.17) is 21.3 Å². The SMILES string of the molecule is Cc1ccc2cc(N3CCOC(c4cnn(C)c4)C3)nc(-c3ccc(Cl)cc3F)c2c1. The van der Waals surface area contributed by atoms with E-state index in [0.717, 1.165) is 27.7 Å². The van der Waals surface area contributed by atoms with E-state index in [1.807, 2.05) is 32.4 Å². The van der Waals surface area contributed by atoms with Crippen molar-refractivity contribution in [2.75, 3.05) is 24.6 Å². The lowest BCUT2D eigenvalue weighted by atomic mass is 10.0. The van der Waals surface area contributed by atoms with Crippen LogP contribution in [-0.2, 0) is 11.8 Å². The molecule has 2 aromatic carbocycles. The average molecular weight is 437 g/mol. The van der Waals surface area contributed by atoms with E-state index < -0.39 is 0 Å². The molecule has 5 nitrogen and oxygen atoms in total. The number of ether oxygens (including phenoxy) is 1. The molecular formula is C24H22ClFN4O. The minimum atomic E-state index is -0.379. The lowest BCUT2D eigenvalue weighted by Gasteiger charge is -2.33. The van der Waals surface area contributed by atoms with Crippen LogP contribution in [0, 0.1) is 12.7 Å². The number of anilines is 1. The Morgan fingerprint density at radius 2 is 2.03 bits per heavy atom. The van der Waals surface area contributed by atoms with E-state index in [1.165, 1.54) is 6.07 Å². The molecule has 31 heavy (non-hydrogen) atoms. The van der Waals surface area contributed by atoms with Gasteiger partial charge < -0.3 is 9.64 Å². The van der Waals surface area contributed by atoms with Crippen LogP contribution in [0.2, 0.25) is 5.02 Å². The third-order valence-corrected chi connectivity index (χ3v) is 5.88. The summed E-state index contributed by atoms with van der Waals surface area (Å²) in [4.78, 5) is 7.12. The number of hydrogen-bond acceptors (Lipinski definition) is 4. The van der Waals surface area contributed by atoms with Gasteiger partial charge in [0.05, 0.1) is 18.5 Å². The average Bonchev–Trinajstić information content (AvgIpc) is 3.20. The summed E-state index contributed by atoms with van der Waals surface area (Å²) in [6, 6.07) is 13.0. The van der Waals surface area contributed by atoms with E-state index in [2.05, 4.69) is 28.2 Å². The second-order valence-electron chi connectivity index (χ2n) is 7.93. The van der Waals surface area contributed by atoms with Crippen molar-refractivity contribution in [2.45, 2.75) is 13.0 Å². The van der Waals surface area contributed by atoms with Crippen LogP contribution in [0.15, 0.2) is 54.9 Å². The van der Waals surface area contributed by atoms with E-state index in [1.54, 1.807) is 16.8 Å². The predicted molar refractivity (Wildman–Crippen MR) is 121 cm³/mol. The monoisotopic (exact) mass is 436 g/mol. The molecule has 5 rings (SSSR count). The van der Waals surface area contributed by atoms with Crippen LogP contribution in [0.4, 0.5) is 10.2 Å². The summed E-state index contributed by atoms with van der Waals surface area (Å²) in [5, 5.41) is 6.56. The summed E-state index contributed by atoms with van der Waals surface area (Å²) in [6.07, 6.45) is 3.71. The van der Waals surface area contributed by atoms with E-state index in [-0.39, 0.29) is 11.9 Å². The Morgan fingerprint density at radius 1 is 1.16 bits per heavy atom. The van der Waals surface area contributed by atoms with Crippen molar-refractivity contribution in [3.05, 3.63) is 76.8 Å². The highest BCUT2D eigenvalue weighted by molar-refractivity contribution is 6.30. The Bertz CT molecular complexity index is 1270. The molecule has 7 heteroatoms. The zero-order chi connectivity index (χ0) is 21.5. The third-order valence-electron chi connectivity index (χ3n) is 5.65. The lowest BCUT2D eigenvalue weighted by molar-refractivity contribution is 0.0395. The summed E-state index contributed by atoms with van der Waals surface area (Å²) < 4.78 is 22.6. The predicted octanol–water partition coefficient (Wildman–Crippen LogP) is 5.31. The summed E-state index contributed by atoms with van der Waals surface area (Å²) >= 11 is 5.99. The minimum Gasteiger partial charge on any atom is -0.370 e. The van der Waals surface area contributed by atoms with Crippen LogP contribution in [0.1, 0.15) is 17.2 Å². The molecule has 0 bridgehead atoms. The summed E-state index contributed by atoms with van der Waals surface area (Å²) in [7, 11) is 1.89. The first kappa shape index (κ1) is 20.0. The molecule has 158 valence electrons. The molecule has 1 saturated heterocycles. The molecule has 1 aliphatic rings. The quantitative estimate of drug-likeness (QED) is 0.436. The number of benzene rings is 2. The number of pyridine rings is 1. The van der Waals surface area contributed by atoms with Gasteiger partial charge in [0.2, 0.25) is 0 Å². The van der Waals surface area contributed by atoms with Crippen LogP contribution >= 0.6 is 11.6 Å². The highest BCUT2D eigenvalue weighted by atomic mass is 35.5. The minimum absolute atomic E-state index is 0.0892. The van der Waals surface area contributed by atoms with Crippen LogP contribution in [0.25, 0.3) is 22.0 Å². The van der Waals surface area contributed by atoms with Gasteiger partial charge in [0.25, 0.3) is 0 Å². The second-order valence-corrected chi connectivity index (χ2v) is 8.37. The molecule has 0 N–H and O–H groups in total.